The second-order valence-corrected chi connectivity index (χ2v) is 4.70. The smallest absolute Gasteiger partial charge is 0.276 e. The van der Waals surface area contributed by atoms with Crippen LogP contribution in [0.15, 0.2) is 33.9 Å². The number of aromatic nitrogens is 2. The van der Waals surface area contributed by atoms with Gasteiger partial charge < -0.3 is 9.15 Å². The van der Waals surface area contributed by atoms with Crippen LogP contribution in [-0.2, 0) is 4.74 Å². The SMILES string of the molecule is COCCSc1nnc(-c2ccc(Cl)cc2)o1. The van der Waals surface area contributed by atoms with Crippen LogP contribution in [0.25, 0.3) is 11.5 Å². The van der Waals surface area contributed by atoms with Crippen LogP contribution in [0.4, 0.5) is 0 Å². The molecule has 2 aromatic rings. The van der Waals surface area contributed by atoms with E-state index >= 15 is 0 Å². The van der Waals surface area contributed by atoms with Gasteiger partial charge in [-0.3, -0.25) is 0 Å². The monoisotopic (exact) mass is 270 g/mol. The number of benzene rings is 1. The van der Waals surface area contributed by atoms with Crippen LogP contribution in [0.1, 0.15) is 0 Å². The molecule has 90 valence electrons. The molecular formula is C11H11ClN2O2S. The van der Waals surface area contributed by atoms with Crippen molar-refractivity contribution in [3.63, 3.8) is 0 Å². The molecule has 0 aliphatic heterocycles. The summed E-state index contributed by atoms with van der Waals surface area (Å²) in [6.45, 7) is 0.656. The van der Waals surface area contributed by atoms with Gasteiger partial charge in [0.05, 0.1) is 6.61 Å². The van der Waals surface area contributed by atoms with E-state index in [1.54, 1.807) is 19.2 Å². The first-order chi connectivity index (χ1) is 8.29. The van der Waals surface area contributed by atoms with Crippen LogP contribution < -0.4 is 0 Å². The quantitative estimate of drug-likeness (QED) is 0.617. The zero-order valence-electron chi connectivity index (χ0n) is 9.22. The zero-order chi connectivity index (χ0) is 12.1. The maximum absolute atomic E-state index is 5.80. The number of ether oxygens (including phenoxy) is 1. The molecule has 0 amide bonds. The maximum atomic E-state index is 5.80. The standard InChI is InChI=1S/C11H11ClN2O2S/c1-15-6-7-17-11-14-13-10(16-11)8-2-4-9(12)5-3-8/h2-5H,6-7H2,1H3. The molecule has 0 fully saturated rings. The zero-order valence-corrected chi connectivity index (χ0v) is 10.8. The highest BCUT2D eigenvalue weighted by molar-refractivity contribution is 7.99. The third-order valence-corrected chi connectivity index (χ3v) is 3.05. The first-order valence-corrected chi connectivity index (χ1v) is 6.37. The van der Waals surface area contributed by atoms with Gasteiger partial charge in [0.1, 0.15) is 0 Å². The Kier molecular flexibility index (Phi) is 4.42. The van der Waals surface area contributed by atoms with Gasteiger partial charge in [0.2, 0.25) is 5.89 Å². The van der Waals surface area contributed by atoms with Crippen LogP contribution in [0, 0.1) is 0 Å². The highest BCUT2D eigenvalue weighted by Crippen LogP contribution is 2.24. The molecule has 4 nitrogen and oxygen atoms in total. The van der Waals surface area contributed by atoms with Crippen molar-refractivity contribution in [3.05, 3.63) is 29.3 Å². The Morgan fingerprint density at radius 3 is 2.76 bits per heavy atom. The molecule has 0 aliphatic rings. The number of methoxy groups -OCH3 is 1. The molecule has 0 atom stereocenters. The Balaban J connectivity index is 2.04. The van der Waals surface area contributed by atoms with Crippen LogP contribution >= 0.6 is 23.4 Å². The van der Waals surface area contributed by atoms with Gasteiger partial charge in [-0.25, -0.2) is 0 Å². The van der Waals surface area contributed by atoms with Crippen LogP contribution in [0.5, 0.6) is 0 Å². The number of rotatable bonds is 5. The predicted octanol–water partition coefficient (Wildman–Crippen LogP) is 3.13. The van der Waals surface area contributed by atoms with E-state index in [0.717, 1.165) is 11.3 Å². The summed E-state index contributed by atoms with van der Waals surface area (Å²) in [5.41, 5.74) is 0.862. The van der Waals surface area contributed by atoms with Crippen molar-refractivity contribution in [2.24, 2.45) is 0 Å². The minimum absolute atomic E-state index is 0.501. The van der Waals surface area contributed by atoms with Crippen LogP contribution in [-0.4, -0.2) is 29.7 Å². The van der Waals surface area contributed by atoms with E-state index in [1.165, 1.54) is 11.8 Å². The van der Waals surface area contributed by atoms with Gasteiger partial charge in [-0.05, 0) is 24.3 Å². The fraction of sp³-hybridized carbons (Fsp3) is 0.273. The first-order valence-electron chi connectivity index (χ1n) is 5.01. The highest BCUT2D eigenvalue weighted by Gasteiger charge is 2.08. The van der Waals surface area contributed by atoms with Crippen molar-refractivity contribution < 1.29 is 9.15 Å². The summed E-state index contributed by atoms with van der Waals surface area (Å²) >= 11 is 7.28. The average molecular weight is 271 g/mol. The van der Waals surface area contributed by atoms with Gasteiger partial charge in [0, 0.05) is 23.4 Å². The van der Waals surface area contributed by atoms with E-state index in [9.17, 15) is 0 Å². The van der Waals surface area contributed by atoms with Crippen molar-refractivity contribution >= 4 is 23.4 Å². The van der Waals surface area contributed by atoms with E-state index < -0.39 is 0 Å². The summed E-state index contributed by atoms with van der Waals surface area (Å²) in [6.07, 6.45) is 0. The van der Waals surface area contributed by atoms with Crippen LogP contribution in [0.3, 0.4) is 0 Å². The molecular weight excluding hydrogens is 260 g/mol. The Morgan fingerprint density at radius 2 is 2.06 bits per heavy atom. The summed E-state index contributed by atoms with van der Waals surface area (Å²) in [7, 11) is 1.66. The van der Waals surface area contributed by atoms with Gasteiger partial charge >= 0.3 is 0 Å². The average Bonchev–Trinajstić information content (AvgIpc) is 2.79. The van der Waals surface area contributed by atoms with Gasteiger partial charge in [-0.1, -0.05) is 23.4 Å². The molecule has 1 heterocycles. The van der Waals surface area contributed by atoms with Gasteiger partial charge in [0.25, 0.3) is 5.22 Å². The van der Waals surface area contributed by atoms with Gasteiger partial charge in [0.15, 0.2) is 0 Å². The third-order valence-electron chi connectivity index (χ3n) is 2.01. The van der Waals surface area contributed by atoms with Crippen molar-refractivity contribution in [2.75, 3.05) is 19.5 Å². The molecule has 1 aromatic heterocycles. The molecule has 0 N–H and O–H groups in total. The summed E-state index contributed by atoms with van der Waals surface area (Å²) in [6, 6.07) is 7.27. The minimum Gasteiger partial charge on any atom is -0.411 e. The number of thioether (sulfide) groups is 1. The maximum Gasteiger partial charge on any atom is 0.276 e. The highest BCUT2D eigenvalue weighted by atomic mass is 35.5. The fourth-order valence-corrected chi connectivity index (χ4v) is 1.98. The molecule has 0 saturated heterocycles. The fourth-order valence-electron chi connectivity index (χ4n) is 1.19. The van der Waals surface area contributed by atoms with Crippen molar-refractivity contribution in [2.45, 2.75) is 5.22 Å². The summed E-state index contributed by atoms with van der Waals surface area (Å²) < 4.78 is 10.4. The van der Waals surface area contributed by atoms with E-state index in [-0.39, 0.29) is 0 Å². The molecule has 0 saturated carbocycles. The number of halogens is 1. The van der Waals surface area contributed by atoms with Gasteiger partial charge in [-0.2, -0.15) is 0 Å². The molecule has 1 aromatic carbocycles. The molecule has 0 radical (unpaired) electrons. The first kappa shape index (κ1) is 12.4. The molecule has 17 heavy (non-hydrogen) atoms. The van der Waals surface area contributed by atoms with E-state index in [1.807, 2.05) is 12.1 Å². The Morgan fingerprint density at radius 1 is 1.29 bits per heavy atom. The lowest BCUT2D eigenvalue weighted by Crippen LogP contribution is -1.90. The van der Waals surface area contributed by atoms with Crippen LogP contribution in [0.2, 0.25) is 5.02 Å². The van der Waals surface area contributed by atoms with Gasteiger partial charge in [-0.15, -0.1) is 10.2 Å². The van der Waals surface area contributed by atoms with Crippen molar-refractivity contribution in [1.82, 2.24) is 10.2 Å². The molecule has 0 aliphatic carbocycles. The van der Waals surface area contributed by atoms with Crippen molar-refractivity contribution in [1.29, 1.82) is 0 Å². The number of hydrogen-bond donors (Lipinski definition) is 0. The summed E-state index contributed by atoms with van der Waals surface area (Å²) in [5, 5.41) is 9.15. The topological polar surface area (TPSA) is 48.2 Å². The second kappa shape index (κ2) is 6.05. The van der Waals surface area contributed by atoms with Crippen molar-refractivity contribution in [3.8, 4) is 11.5 Å². The lowest BCUT2D eigenvalue weighted by molar-refractivity contribution is 0.218. The second-order valence-electron chi connectivity index (χ2n) is 3.22. The molecule has 2 rings (SSSR count). The Hall–Kier alpha value is -1.04. The van der Waals surface area contributed by atoms with E-state index in [2.05, 4.69) is 10.2 Å². The predicted molar refractivity (Wildman–Crippen MR) is 67.3 cm³/mol. The largest absolute Gasteiger partial charge is 0.411 e. The minimum atomic E-state index is 0.501. The third kappa shape index (κ3) is 3.46. The van der Waals surface area contributed by atoms with E-state index in [4.69, 9.17) is 20.8 Å². The lowest BCUT2D eigenvalue weighted by Gasteiger charge is -1.95. The number of hydrogen-bond acceptors (Lipinski definition) is 5. The lowest BCUT2D eigenvalue weighted by atomic mass is 10.2. The molecule has 0 bridgehead atoms. The Bertz CT molecular complexity index is 473. The molecule has 0 unspecified atom stereocenters. The van der Waals surface area contributed by atoms with E-state index in [0.29, 0.717) is 22.7 Å². The molecule has 0 spiro atoms. The summed E-state index contributed by atoms with van der Waals surface area (Å²) in [5.74, 6) is 1.29. The summed E-state index contributed by atoms with van der Waals surface area (Å²) in [4.78, 5) is 0. The number of nitrogens with zero attached hydrogens (tertiary/aromatic N) is 2. The molecule has 6 heteroatoms. The Labute approximate surface area is 108 Å². The normalized spacial score (nSPS) is 10.7.